The summed E-state index contributed by atoms with van der Waals surface area (Å²) in [5, 5.41) is 2.64. The van der Waals surface area contributed by atoms with E-state index in [1.807, 2.05) is 37.3 Å². The zero-order valence-corrected chi connectivity index (χ0v) is 15.4. The molecule has 1 aromatic heterocycles. The molecule has 5 nitrogen and oxygen atoms in total. The lowest BCUT2D eigenvalue weighted by atomic mass is 10.2. The molecule has 0 spiro atoms. The molecule has 2 amide bonds. The first-order valence-corrected chi connectivity index (χ1v) is 8.94. The van der Waals surface area contributed by atoms with E-state index < -0.39 is 5.91 Å². The van der Waals surface area contributed by atoms with Crippen LogP contribution in [0.4, 0.5) is 10.1 Å². The third-order valence-corrected chi connectivity index (χ3v) is 4.19. The van der Waals surface area contributed by atoms with Crippen LogP contribution in [0.5, 0.6) is 0 Å². The summed E-state index contributed by atoms with van der Waals surface area (Å²) in [6.45, 7) is 2.87. The number of anilines is 1. The van der Waals surface area contributed by atoms with Crippen molar-refractivity contribution in [3.05, 3.63) is 95.6 Å². The topological polar surface area (TPSA) is 62.3 Å². The fourth-order valence-corrected chi connectivity index (χ4v) is 2.70. The van der Waals surface area contributed by atoms with E-state index >= 15 is 0 Å². The van der Waals surface area contributed by atoms with E-state index in [0.29, 0.717) is 18.8 Å². The van der Waals surface area contributed by atoms with Crippen molar-refractivity contribution in [3.63, 3.8) is 0 Å². The molecule has 0 aliphatic heterocycles. The Kier molecular flexibility index (Phi) is 6.11. The maximum absolute atomic E-state index is 13.0. The van der Waals surface area contributed by atoms with Gasteiger partial charge in [0.1, 0.15) is 17.2 Å². The molecule has 0 fully saturated rings. The van der Waals surface area contributed by atoms with Crippen molar-refractivity contribution in [1.29, 1.82) is 0 Å². The predicted molar refractivity (Wildman–Crippen MR) is 105 cm³/mol. The molecule has 0 unspecified atom stereocenters. The zero-order valence-electron chi connectivity index (χ0n) is 15.4. The monoisotopic (exact) mass is 377 g/mol. The maximum atomic E-state index is 13.0. The fourth-order valence-electron chi connectivity index (χ4n) is 2.70. The van der Waals surface area contributed by atoms with Gasteiger partial charge >= 0.3 is 0 Å². The Morgan fingerprint density at radius 3 is 2.29 bits per heavy atom. The van der Waals surface area contributed by atoms with Gasteiger partial charge in [-0.05, 0) is 48.9 Å². The Hall–Kier alpha value is -3.54. The lowest BCUT2D eigenvalue weighted by Gasteiger charge is -2.20. The molecule has 0 saturated heterocycles. The Labute approximate surface area is 162 Å². The molecule has 0 aliphatic rings. The molecule has 142 valence electrons. The maximum Gasteiger partial charge on any atom is 0.274 e. The van der Waals surface area contributed by atoms with Crippen LogP contribution < -0.4 is 5.32 Å². The van der Waals surface area contributed by atoms with E-state index in [1.165, 1.54) is 30.3 Å². The second-order valence-electron chi connectivity index (χ2n) is 6.17. The summed E-state index contributed by atoms with van der Waals surface area (Å²) in [5.74, 6) is -1.10. The standard InChI is InChI=1S/C22H20FN3O2/c1-2-26(15-16-7-4-3-5-8-16)22(28)20-10-6-9-19(25-20)21(27)24-18-13-11-17(23)12-14-18/h3-14H,2,15H2,1H3,(H,24,27). The minimum absolute atomic E-state index is 0.117. The van der Waals surface area contributed by atoms with Crippen LogP contribution in [0.3, 0.4) is 0 Å². The van der Waals surface area contributed by atoms with E-state index in [4.69, 9.17) is 0 Å². The van der Waals surface area contributed by atoms with Crippen molar-refractivity contribution in [1.82, 2.24) is 9.88 Å². The first kappa shape index (κ1) is 19.2. The van der Waals surface area contributed by atoms with E-state index in [-0.39, 0.29) is 23.1 Å². The molecule has 0 radical (unpaired) electrons. The third-order valence-electron chi connectivity index (χ3n) is 4.19. The van der Waals surface area contributed by atoms with Gasteiger partial charge in [0.25, 0.3) is 11.8 Å². The summed E-state index contributed by atoms with van der Waals surface area (Å²) in [7, 11) is 0. The largest absolute Gasteiger partial charge is 0.333 e. The van der Waals surface area contributed by atoms with Crippen molar-refractivity contribution in [2.24, 2.45) is 0 Å². The molecule has 0 bridgehead atoms. The van der Waals surface area contributed by atoms with Crippen molar-refractivity contribution in [2.75, 3.05) is 11.9 Å². The van der Waals surface area contributed by atoms with Crippen molar-refractivity contribution < 1.29 is 14.0 Å². The van der Waals surface area contributed by atoms with Gasteiger partial charge in [0.05, 0.1) is 0 Å². The number of rotatable bonds is 6. The minimum atomic E-state index is -0.465. The lowest BCUT2D eigenvalue weighted by molar-refractivity contribution is 0.0746. The number of amides is 2. The number of halogens is 1. The summed E-state index contributed by atoms with van der Waals surface area (Å²) >= 11 is 0. The first-order valence-electron chi connectivity index (χ1n) is 8.94. The summed E-state index contributed by atoms with van der Waals surface area (Å²) < 4.78 is 13.0. The first-order chi connectivity index (χ1) is 13.6. The molecule has 2 aromatic carbocycles. The molecule has 0 atom stereocenters. The highest BCUT2D eigenvalue weighted by molar-refractivity contribution is 6.03. The van der Waals surface area contributed by atoms with Gasteiger partial charge in [0, 0.05) is 18.8 Å². The van der Waals surface area contributed by atoms with Gasteiger partial charge in [-0.3, -0.25) is 9.59 Å². The molecule has 3 rings (SSSR count). The van der Waals surface area contributed by atoms with Gasteiger partial charge in [0.15, 0.2) is 0 Å². The Bertz CT molecular complexity index is 959. The van der Waals surface area contributed by atoms with Crippen LogP contribution in [0.1, 0.15) is 33.5 Å². The van der Waals surface area contributed by atoms with E-state index in [1.54, 1.807) is 17.0 Å². The lowest BCUT2D eigenvalue weighted by Crippen LogP contribution is -2.31. The smallest absolute Gasteiger partial charge is 0.274 e. The van der Waals surface area contributed by atoms with E-state index in [2.05, 4.69) is 10.3 Å². The second-order valence-corrected chi connectivity index (χ2v) is 6.17. The van der Waals surface area contributed by atoms with Crippen LogP contribution in [-0.4, -0.2) is 28.2 Å². The van der Waals surface area contributed by atoms with Crippen LogP contribution in [0.25, 0.3) is 0 Å². The highest BCUT2D eigenvalue weighted by atomic mass is 19.1. The molecule has 0 aliphatic carbocycles. The van der Waals surface area contributed by atoms with Crippen LogP contribution in [0.15, 0.2) is 72.8 Å². The van der Waals surface area contributed by atoms with Gasteiger partial charge in [0.2, 0.25) is 0 Å². The molecule has 3 aromatic rings. The Morgan fingerprint density at radius 1 is 0.929 bits per heavy atom. The quantitative estimate of drug-likeness (QED) is 0.702. The van der Waals surface area contributed by atoms with Gasteiger partial charge in [-0.2, -0.15) is 0 Å². The highest BCUT2D eigenvalue weighted by Crippen LogP contribution is 2.12. The number of pyridine rings is 1. The Balaban J connectivity index is 1.74. The number of hydrogen-bond donors (Lipinski definition) is 1. The number of carbonyl (C=O) groups excluding carboxylic acids is 2. The number of benzene rings is 2. The minimum Gasteiger partial charge on any atom is -0.333 e. The SMILES string of the molecule is CCN(Cc1ccccc1)C(=O)c1cccc(C(=O)Nc2ccc(F)cc2)n1. The molecule has 6 heteroatoms. The van der Waals surface area contributed by atoms with Crippen LogP contribution in [0, 0.1) is 5.82 Å². The van der Waals surface area contributed by atoms with Crippen LogP contribution in [0.2, 0.25) is 0 Å². The van der Waals surface area contributed by atoms with Gasteiger partial charge in [-0.15, -0.1) is 0 Å². The predicted octanol–water partition coefficient (Wildman–Crippen LogP) is 4.14. The van der Waals surface area contributed by atoms with Crippen LogP contribution in [-0.2, 0) is 6.54 Å². The zero-order chi connectivity index (χ0) is 19.9. The molecular weight excluding hydrogens is 357 g/mol. The number of carbonyl (C=O) groups is 2. The summed E-state index contributed by atoms with van der Waals surface area (Å²) in [6, 6.07) is 19.8. The molecule has 28 heavy (non-hydrogen) atoms. The third kappa shape index (κ3) is 4.79. The summed E-state index contributed by atoms with van der Waals surface area (Å²) in [4.78, 5) is 31.1. The summed E-state index contributed by atoms with van der Waals surface area (Å²) in [6.07, 6.45) is 0. The average Bonchev–Trinajstić information content (AvgIpc) is 2.74. The van der Waals surface area contributed by atoms with E-state index in [9.17, 15) is 14.0 Å². The number of nitrogens with zero attached hydrogens (tertiary/aromatic N) is 2. The summed E-state index contributed by atoms with van der Waals surface area (Å²) in [5.41, 5.74) is 1.78. The average molecular weight is 377 g/mol. The molecular formula is C22H20FN3O2. The fraction of sp³-hybridized carbons (Fsp3) is 0.136. The molecule has 1 N–H and O–H groups in total. The normalized spacial score (nSPS) is 10.4. The van der Waals surface area contributed by atoms with Gasteiger partial charge < -0.3 is 10.2 Å². The molecule has 1 heterocycles. The Morgan fingerprint density at radius 2 is 1.61 bits per heavy atom. The van der Waals surface area contributed by atoms with Crippen molar-refractivity contribution >= 4 is 17.5 Å². The molecule has 0 saturated carbocycles. The van der Waals surface area contributed by atoms with E-state index in [0.717, 1.165) is 5.56 Å². The van der Waals surface area contributed by atoms with Crippen LogP contribution >= 0.6 is 0 Å². The van der Waals surface area contributed by atoms with Gasteiger partial charge in [-0.1, -0.05) is 36.4 Å². The van der Waals surface area contributed by atoms with Crippen molar-refractivity contribution in [3.8, 4) is 0 Å². The second kappa shape index (κ2) is 8.90. The highest BCUT2D eigenvalue weighted by Gasteiger charge is 2.18. The number of aromatic nitrogens is 1. The number of hydrogen-bond acceptors (Lipinski definition) is 3. The number of nitrogens with one attached hydrogen (secondary N) is 1. The van der Waals surface area contributed by atoms with Crippen molar-refractivity contribution in [2.45, 2.75) is 13.5 Å². The van der Waals surface area contributed by atoms with Gasteiger partial charge in [-0.25, -0.2) is 9.37 Å².